The molecule has 0 aromatic heterocycles. The van der Waals surface area contributed by atoms with Gasteiger partial charge >= 0.3 is 0 Å². The fraction of sp³-hybridized carbons (Fsp3) is 0.400. The third-order valence-electron chi connectivity index (χ3n) is 2.70. The van der Waals surface area contributed by atoms with Gasteiger partial charge in [-0.2, -0.15) is 0 Å². The number of rotatable bonds is 5. The highest BCUT2D eigenvalue weighted by Crippen LogP contribution is 2.34. The van der Waals surface area contributed by atoms with Crippen molar-refractivity contribution in [3.8, 4) is 0 Å². The first-order chi connectivity index (χ1) is 9.13. The molecule has 0 saturated heterocycles. The smallest absolute Gasteiger partial charge is 0.226 e. The van der Waals surface area contributed by atoms with Crippen molar-refractivity contribution in [2.45, 2.75) is 19.2 Å². The van der Waals surface area contributed by atoms with E-state index < -0.39 is 31.9 Å². The molecule has 0 amide bonds. The van der Waals surface area contributed by atoms with E-state index in [0.717, 1.165) is 12.1 Å². The van der Waals surface area contributed by atoms with Gasteiger partial charge in [-0.05, 0) is 41.6 Å². The molecule has 0 radical (unpaired) electrons. The number of sulfone groups is 1. The molecule has 1 unspecified atom stereocenters. The molecule has 0 aliphatic rings. The zero-order valence-electron chi connectivity index (χ0n) is 10.5. The minimum absolute atomic E-state index is 0.0321. The van der Waals surface area contributed by atoms with E-state index >= 15 is 0 Å². The van der Waals surface area contributed by atoms with Crippen molar-refractivity contribution in [1.29, 1.82) is 0 Å². The number of halogens is 3. The topological polar surface area (TPSA) is 71.5 Å². The van der Waals surface area contributed by atoms with Gasteiger partial charge in [0.1, 0.15) is 11.2 Å². The maximum atomic E-state index is 13.3. The van der Waals surface area contributed by atoms with Gasteiger partial charge in [0.25, 0.3) is 0 Å². The van der Waals surface area contributed by atoms with Gasteiger partial charge in [-0.3, -0.25) is 4.31 Å². The highest BCUT2D eigenvalue weighted by Gasteiger charge is 2.30. The summed E-state index contributed by atoms with van der Waals surface area (Å²) in [6.45, 7) is 2.66. The Morgan fingerprint density at radius 2 is 2.00 bits per heavy atom. The largest absolute Gasteiger partial charge is 0.253 e. The lowest BCUT2D eigenvalue weighted by Gasteiger charge is -2.25. The molecule has 0 heterocycles. The molecule has 0 N–H and O–H groups in total. The predicted molar refractivity (Wildman–Crippen MR) is 85.8 cm³/mol. The van der Waals surface area contributed by atoms with Crippen LogP contribution in [0.25, 0.3) is 0 Å². The summed E-state index contributed by atoms with van der Waals surface area (Å²) >= 11 is 7.55. The van der Waals surface area contributed by atoms with Crippen LogP contribution in [0.1, 0.15) is 13.8 Å². The number of benzene rings is 1. The Kier molecular flexibility index (Phi) is 6.05. The van der Waals surface area contributed by atoms with Crippen molar-refractivity contribution in [1.82, 2.24) is 0 Å². The zero-order valence-corrected chi connectivity index (χ0v) is 15.1. The van der Waals surface area contributed by atoms with Gasteiger partial charge in [-0.25, -0.2) is 21.2 Å². The van der Waals surface area contributed by atoms with E-state index in [1.54, 1.807) is 22.6 Å². The minimum Gasteiger partial charge on any atom is -0.253 e. The van der Waals surface area contributed by atoms with E-state index in [1.165, 1.54) is 13.8 Å². The molecule has 1 atom stereocenters. The fourth-order valence-electron chi connectivity index (χ4n) is 1.50. The van der Waals surface area contributed by atoms with E-state index in [1.807, 2.05) is 0 Å². The van der Waals surface area contributed by atoms with Gasteiger partial charge in [0.05, 0.1) is 14.3 Å². The molecule has 20 heavy (non-hydrogen) atoms. The van der Waals surface area contributed by atoms with Crippen LogP contribution in [0.5, 0.6) is 0 Å². The molecule has 1 aromatic carbocycles. The Balaban J connectivity index is 3.48. The van der Waals surface area contributed by atoms with Gasteiger partial charge in [0, 0.05) is 5.75 Å². The number of hydrogen-bond acceptors (Lipinski definition) is 4. The van der Waals surface area contributed by atoms with Gasteiger partial charge in [0.2, 0.25) is 10.9 Å². The number of hydrogen-bond donors (Lipinski definition) is 1. The Hall–Kier alpha value is -0.130. The number of nitrogens with zero attached hydrogens (tertiary/aromatic N) is 1. The minimum atomic E-state index is -3.64. The molecule has 114 valence electrons. The molecule has 0 aliphatic carbocycles. The van der Waals surface area contributed by atoms with Gasteiger partial charge in [0.15, 0.2) is 9.84 Å². The van der Waals surface area contributed by atoms with E-state index in [9.17, 15) is 21.2 Å². The van der Waals surface area contributed by atoms with Crippen LogP contribution in [-0.2, 0) is 20.7 Å². The summed E-state index contributed by atoms with van der Waals surface area (Å²) in [5.41, 5.74) is -0.0573. The zero-order chi connectivity index (χ0) is 15.7. The maximum Gasteiger partial charge on any atom is 0.226 e. The van der Waals surface area contributed by atoms with E-state index in [2.05, 4.69) is 0 Å². The standard InChI is InChI=1S/C10H12ClFINO4S2/c1-3-20(17,18)6(2)14(19(15)16)8-5-4-7(12)10(13)9(8)11/h4-6,19H,3H2,1-2H3. The Morgan fingerprint density at radius 1 is 1.45 bits per heavy atom. The average molecular weight is 456 g/mol. The van der Waals surface area contributed by atoms with Crippen LogP contribution in [0.3, 0.4) is 0 Å². The third-order valence-corrected chi connectivity index (χ3v) is 7.59. The molecule has 0 fully saturated rings. The van der Waals surface area contributed by atoms with Crippen LogP contribution < -0.4 is 4.31 Å². The fourth-order valence-corrected chi connectivity index (χ4v) is 4.43. The van der Waals surface area contributed by atoms with Gasteiger partial charge in [-0.15, -0.1) is 0 Å². The molecule has 10 heteroatoms. The van der Waals surface area contributed by atoms with Crippen molar-refractivity contribution in [2.24, 2.45) is 0 Å². The normalized spacial score (nSPS) is 13.5. The van der Waals surface area contributed by atoms with Crippen LogP contribution in [-0.4, -0.2) is 28.0 Å². The lowest BCUT2D eigenvalue weighted by Crippen LogP contribution is -2.39. The summed E-state index contributed by atoms with van der Waals surface area (Å²) in [5, 5.41) is -1.45. The molecular formula is C10H12ClFINO4S2. The lowest BCUT2D eigenvalue weighted by atomic mass is 10.3. The summed E-state index contributed by atoms with van der Waals surface area (Å²) in [4.78, 5) is 0. The highest BCUT2D eigenvalue weighted by atomic mass is 127. The van der Waals surface area contributed by atoms with Crippen molar-refractivity contribution in [2.75, 3.05) is 10.1 Å². The van der Waals surface area contributed by atoms with Crippen molar-refractivity contribution in [3.63, 3.8) is 0 Å². The highest BCUT2D eigenvalue weighted by molar-refractivity contribution is 14.1. The van der Waals surface area contributed by atoms with Crippen LogP contribution in [0.15, 0.2) is 12.1 Å². The second kappa shape index (κ2) is 6.75. The van der Waals surface area contributed by atoms with Crippen LogP contribution in [0.2, 0.25) is 5.02 Å². The molecule has 0 bridgehead atoms. The molecule has 1 rings (SSSR count). The van der Waals surface area contributed by atoms with Gasteiger partial charge in [-0.1, -0.05) is 18.5 Å². The summed E-state index contributed by atoms with van der Waals surface area (Å²) in [7, 11) is -6.89. The van der Waals surface area contributed by atoms with Gasteiger partial charge < -0.3 is 0 Å². The number of anilines is 1. The summed E-state index contributed by atoms with van der Waals surface area (Å²) in [6.07, 6.45) is 0. The molecular weight excluding hydrogens is 444 g/mol. The van der Waals surface area contributed by atoms with Crippen molar-refractivity contribution in [3.05, 3.63) is 26.5 Å². The second-order valence-electron chi connectivity index (χ2n) is 3.83. The Labute approximate surface area is 137 Å². The average Bonchev–Trinajstić information content (AvgIpc) is 2.38. The predicted octanol–water partition coefficient (Wildman–Crippen LogP) is 2.20. The summed E-state index contributed by atoms with van der Waals surface area (Å²) in [5.74, 6) is -0.824. The monoisotopic (exact) mass is 455 g/mol. The summed E-state index contributed by atoms with van der Waals surface area (Å²) < 4.78 is 60.5. The van der Waals surface area contributed by atoms with E-state index in [4.69, 9.17) is 11.6 Å². The van der Waals surface area contributed by atoms with E-state index in [0.29, 0.717) is 4.31 Å². The second-order valence-corrected chi connectivity index (χ2v) is 8.78. The first kappa shape index (κ1) is 17.9. The first-order valence-corrected chi connectivity index (χ1v) is 9.72. The van der Waals surface area contributed by atoms with Crippen LogP contribution in [0.4, 0.5) is 10.1 Å². The number of thiol groups is 1. The lowest BCUT2D eigenvalue weighted by molar-refractivity contribution is 0.579. The molecule has 0 spiro atoms. The molecule has 0 aliphatic heterocycles. The van der Waals surface area contributed by atoms with Crippen LogP contribution >= 0.6 is 34.2 Å². The van der Waals surface area contributed by atoms with Crippen molar-refractivity contribution < 1.29 is 21.2 Å². The van der Waals surface area contributed by atoms with Crippen molar-refractivity contribution >= 4 is 60.6 Å². The maximum absolute atomic E-state index is 13.3. The van der Waals surface area contributed by atoms with E-state index in [-0.39, 0.29) is 20.0 Å². The Bertz CT molecular complexity index is 685. The molecule has 1 aromatic rings. The third kappa shape index (κ3) is 3.55. The molecule has 5 nitrogen and oxygen atoms in total. The molecule has 0 saturated carbocycles. The SMILES string of the molecule is CCS(=O)(=O)C(C)N(c1ccc(F)c(I)c1Cl)[SH](=O)=O. The van der Waals surface area contributed by atoms with Crippen LogP contribution in [0, 0.1) is 9.39 Å². The quantitative estimate of drug-likeness (QED) is 0.420. The first-order valence-electron chi connectivity index (χ1n) is 5.42. The Morgan fingerprint density at radius 3 is 2.45 bits per heavy atom. The summed E-state index contributed by atoms with van der Waals surface area (Å²) in [6, 6.07) is 2.19.